The Morgan fingerprint density at radius 2 is 1.54 bits per heavy atom. The largest absolute Gasteiger partial charge is 0.416 e. The van der Waals surface area contributed by atoms with Crippen LogP contribution in [0.15, 0.2) is 66.7 Å². The average molecular weight is 388 g/mol. The van der Waals surface area contributed by atoms with Crippen molar-refractivity contribution in [3.8, 4) is 11.1 Å². The van der Waals surface area contributed by atoms with Crippen molar-refractivity contribution in [2.75, 3.05) is 12.4 Å². The van der Waals surface area contributed by atoms with Crippen molar-refractivity contribution < 1.29 is 22.4 Å². The molecule has 0 saturated carbocycles. The fraction of sp³-hybridized carbons (Fsp3) is 0.0952. The minimum Gasteiger partial charge on any atom is -0.355 e. The number of carbonyl (C=O) groups is 1. The third-order valence-corrected chi connectivity index (χ3v) is 4.17. The molecule has 0 spiro atoms. The van der Waals surface area contributed by atoms with E-state index in [4.69, 9.17) is 0 Å². The van der Waals surface area contributed by atoms with Gasteiger partial charge in [0.1, 0.15) is 5.82 Å². The Morgan fingerprint density at radius 3 is 2.11 bits per heavy atom. The third-order valence-electron chi connectivity index (χ3n) is 4.17. The van der Waals surface area contributed by atoms with Crippen molar-refractivity contribution in [2.24, 2.45) is 0 Å². The van der Waals surface area contributed by atoms with Crippen LogP contribution < -0.4 is 10.6 Å². The van der Waals surface area contributed by atoms with Gasteiger partial charge in [0.2, 0.25) is 0 Å². The number of amides is 1. The second-order valence-electron chi connectivity index (χ2n) is 6.02. The van der Waals surface area contributed by atoms with Crippen molar-refractivity contribution in [3.63, 3.8) is 0 Å². The van der Waals surface area contributed by atoms with Crippen LogP contribution in [0, 0.1) is 5.82 Å². The maximum absolute atomic E-state index is 14.5. The van der Waals surface area contributed by atoms with Gasteiger partial charge in [-0.1, -0.05) is 18.2 Å². The Hall–Kier alpha value is -3.35. The van der Waals surface area contributed by atoms with Crippen molar-refractivity contribution >= 4 is 17.3 Å². The predicted molar refractivity (Wildman–Crippen MR) is 100.0 cm³/mol. The van der Waals surface area contributed by atoms with Gasteiger partial charge >= 0.3 is 6.18 Å². The monoisotopic (exact) mass is 388 g/mol. The summed E-state index contributed by atoms with van der Waals surface area (Å²) >= 11 is 0. The van der Waals surface area contributed by atoms with Crippen LogP contribution >= 0.6 is 0 Å². The zero-order chi connectivity index (χ0) is 20.3. The SMILES string of the molecule is CNC(=O)c1ccc(-c2c(F)cccc2Nc2ccc(C(F)(F)F)cc2)cc1. The van der Waals surface area contributed by atoms with Crippen LogP contribution in [-0.4, -0.2) is 13.0 Å². The highest BCUT2D eigenvalue weighted by Gasteiger charge is 2.30. The molecule has 0 aromatic heterocycles. The van der Waals surface area contributed by atoms with Crippen LogP contribution in [-0.2, 0) is 6.18 Å². The molecule has 0 unspecified atom stereocenters. The summed E-state index contributed by atoms with van der Waals surface area (Å²) in [5.74, 6) is -0.757. The van der Waals surface area contributed by atoms with Gasteiger partial charge in [-0.15, -0.1) is 0 Å². The van der Waals surface area contributed by atoms with E-state index in [2.05, 4.69) is 10.6 Å². The van der Waals surface area contributed by atoms with Crippen LogP contribution in [0.2, 0.25) is 0 Å². The zero-order valence-corrected chi connectivity index (χ0v) is 14.8. The molecule has 3 aromatic carbocycles. The van der Waals surface area contributed by atoms with Gasteiger partial charge < -0.3 is 10.6 Å². The lowest BCUT2D eigenvalue weighted by molar-refractivity contribution is -0.137. The summed E-state index contributed by atoms with van der Waals surface area (Å²) in [6, 6.07) is 15.3. The average Bonchev–Trinajstić information content (AvgIpc) is 2.67. The first kappa shape index (κ1) is 19.4. The molecule has 3 rings (SSSR count). The van der Waals surface area contributed by atoms with E-state index in [0.29, 0.717) is 22.5 Å². The van der Waals surface area contributed by atoms with Crippen LogP contribution in [0.5, 0.6) is 0 Å². The van der Waals surface area contributed by atoms with Gasteiger partial charge in [-0.3, -0.25) is 4.79 Å². The standard InChI is InChI=1S/C21H16F4N2O/c1-26-20(28)14-7-5-13(6-8-14)19-17(22)3-2-4-18(19)27-16-11-9-15(10-12-16)21(23,24)25/h2-12,27H,1H3,(H,26,28). The highest BCUT2D eigenvalue weighted by molar-refractivity contribution is 5.94. The highest BCUT2D eigenvalue weighted by atomic mass is 19.4. The summed E-state index contributed by atoms with van der Waals surface area (Å²) in [6.07, 6.45) is -4.42. The molecule has 0 fully saturated rings. The fourth-order valence-corrected chi connectivity index (χ4v) is 2.75. The lowest BCUT2D eigenvalue weighted by Gasteiger charge is -2.14. The Balaban J connectivity index is 1.93. The van der Waals surface area contributed by atoms with Crippen molar-refractivity contribution in [1.82, 2.24) is 5.32 Å². The second kappa shape index (κ2) is 7.72. The van der Waals surface area contributed by atoms with E-state index in [0.717, 1.165) is 12.1 Å². The van der Waals surface area contributed by atoms with E-state index in [-0.39, 0.29) is 11.5 Å². The van der Waals surface area contributed by atoms with E-state index >= 15 is 0 Å². The van der Waals surface area contributed by atoms with E-state index < -0.39 is 17.6 Å². The van der Waals surface area contributed by atoms with E-state index in [1.165, 1.54) is 31.3 Å². The number of anilines is 2. The third kappa shape index (κ3) is 4.14. The summed E-state index contributed by atoms with van der Waals surface area (Å²) in [5, 5.41) is 5.46. The number of benzene rings is 3. The molecule has 0 aliphatic heterocycles. The van der Waals surface area contributed by atoms with Crippen molar-refractivity contribution in [3.05, 3.63) is 83.7 Å². The normalized spacial score (nSPS) is 11.2. The summed E-state index contributed by atoms with van der Waals surface area (Å²) in [7, 11) is 1.51. The zero-order valence-electron chi connectivity index (χ0n) is 14.8. The highest BCUT2D eigenvalue weighted by Crippen LogP contribution is 2.34. The Kier molecular flexibility index (Phi) is 5.35. The molecule has 0 saturated heterocycles. The van der Waals surface area contributed by atoms with Gasteiger partial charge in [0.05, 0.1) is 5.56 Å². The van der Waals surface area contributed by atoms with E-state index in [9.17, 15) is 22.4 Å². The molecule has 7 heteroatoms. The van der Waals surface area contributed by atoms with Crippen LogP contribution in [0.1, 0.15) is 15.9 Å². The minimum atomic E-state index is -4.42. The van der Waals surface area contributed by atoms with Gasteiger partial charge in [0.15, 0.2) is 0 Å². The quantitative estimate of drug-likeness (QED) is 0.570. The Morgan fingerprint density at radius 1 is 0.893 bits per heavy atom. The molecular formula is C21H16F4N2O. The number of halogens is 4. The van der Waals surface area contributed by atoms with Crippen molar-refractivity contribution in [1.29, 1.82) is 0 Å². The molecule has 0 heterocycles. The van der Waals surface area contributed by atoms with E-state index in [1.54, 1.807) is 30.3 Å². The lowest BCUT2D eigenvalue weighted by atomic mass is 10.0. The molecule has 0 atom stereocenters. The van der Waals surface area contributed by atoms with Gasteiger partial charge in [-0.05, 0) is 54.1 Å². The number of hydrogen-bond donors (Lipinski definition) is 2. The van der Waals surface area contributed by atoms with Gasteiger partial charge in [0, 0.05) is 29.5 Å². The molecular weight excluding hydrogens is 372 g/mol. The first-order valence-electron chi connectivity index (χ1n) is 8.35. The van der Waals surface area contributed by atoms with Gasteiger partial charge in [0.25, 0.3) is 5.91 Å². The smallest absolute Gasteiger partial charge is 0.355 e. The first-order valence-corrected chi connectivity index (χ1v) is 8.35. The lowest BCUT2D eigenvalue weighted by Crippen LogP contribution is -2.17. The minimum absolute atomic E-state index is 0.255. The summed E-state index contributed by atoms with van der Waals surface area (Å²) < 4.78 is 52.6. The topological polar surface area (TPSA) is 41.1 Å². The summed E-state index contributed by atoms with van der Waals surface area (Å²) in [6.45, 7) is 0. The molecule has 0 radical (unpaired) electrons. The Bertz CT molecular complexity index is 981. The summed E-state index contributed by atoms with van der Waals surface area (Å²) in [4.78, 5) is 11.7. The predicted octanol–water partition coefficient (Wildman–Crippen LogP) is 5.61. The molecule has 28 heavy (non-hydrogen) atoms. The molecule has 1 amide bonds. The van der Waals surface area contributed by atoms with E-state index in [1.807, 2.05) is 0 Å². The van der Waals surface area contributed by atoms with Crippen LogP contribution in [0.4, 0.5) is 28.9 Å². The molecule has 3 aromatic rings. The number of rotatable bonds is 4. The van der Waals surface area contributed by atoms with Gasteiger partial charge in [-0.25, -0.2) is 4.39 Å². The van der Waals surface area contributed by atoms with Crippen molar-refractivity contribution in [2.45, 2.75) is 6.18 Å². The Labute approximate surface area is 159 Å². The number of alkyl halides is 3. The van der Waals surface area contributed by atoms with Crippen LogP contribution in [0.25, 0.3) is 11.1 Å². The second-order valence-corrected chi connectivity index (χ2v) is 6.02. The first-order chi connectivity index (χ1) is 13.3. The van der Waals surface area contributed by atoms with Crippen LogP contribution in [0.3, 0.4) is 0 Å². The molecule has 0 bridgehead atoms. The maximum Gasteiger partial charge on any atom is 0.416 e. The molecule has 0 aliphatic carbocycles. The fourth-order valence-electron chi connectivity index (χ4n) is 2.75. The number of nitrogens with one attached hydrogen (secondary N) is 2. The molecule has 144 valence electrons. The van der Waals surface area contributed by atoms with Gasteiger partial charge in [-0.2, -0.15) is 13.2 Å². The number of carbonyl (C=O) groups excluding carboxylic acids is 1. The molecule has 3 nitrogen and oxygen atoms in total. The molecule has 0 aliphatic rings. The number of hydrogen-bond acceptors (Lipinski definition) is 2. The molecule has 2 N–H and O–H groups in total. The summed E-state index contributed by atoms with van der Waals surface area (Å²) in [5.41, 5.74) is 1.24. The maximum atomic E-state index is 14.5.